The fourth-order valence-corrected chi connectivity index (χ4v) is 15.5. The Balaban J connectivity index is 1.51. The quantitative estimate of drug-likeness (QED) is 0.0431. The molecule has 4 aliphatic heterocycles. The van der Waals surface area contributed by atoms with Crippen molar-refractivity contribution in [1.82, 2.24) is 94.5 Å². The van der Waals surface area contributed by atoms with Crippen LogP contribution in [0.4, 0.5) is 0 Å². The summed E-state index contributed by atoms with van der Waals surface area (Å²) in [5.74, 6) is -22.4. The van der Waals surface area contributed by atoms with Crippen LogP contribution in [0.5, 0.6) is 5.75 Å². The molecule has 726 valence electrons. The first-order chi connectivity index (χ1) is 61.4. The molecule has 0 radical (unpaired) electrons. The molecule has 0 aromatic heterocycles. The van der Waals surface area contributed by atoms with Crippen LogP contribution in [0.15, 0.2) is 24.3 Å². The summed E-state index contributed by atoms with van der Waals surface area (Å²) in [5, 5.41) is 69.2. The number of nitrogens with one attached hydrogen (secondary N) is 15. The second kappa shape index (κ2) is 53.4. The van der Waals surface area contributed by atoms with Crippen molar-refractivity contribution in [2.45, 2.75) is 302 Å². The fourth-order valence-electron chi connectivity index (χ4n) is 15.5. The Morgan fingerprint density at radius 2 is 0.777 bits per heavy atom. The molecule has 0 aliphatic carbocycles. The lowest BCUT2D eigenvalue weighted by molar-refractivity contribution is -0.148. The molecule has 19 amide bonds. The number of phenols is 1. The van der Waals surface area contributed by atoms with E-state index in [-0.39, 0.29) is 103 Å². The molecule has 0 unspecified atom stereocenters. The largest absolute Gasteiger partial charge is 0.508 e. The van der Waals surface area contributed by atoms with Crippen LogP contribution in [0, 0.1) is 29.6 Å². The summed E-state index contributed by atoms with van der Waals surface area (Å²) in [6.07, 6.45) is 0.776. The number of rotatable bonds is 24. The third kappa shape index (κ3) is 32.7. The number of benzene rings is 1. The Hall–Kier alpha value is -11.7. The summed E-state index contributed by atoms with van der Waals surface area (Å²) in [5.41, 5.74) is 17.6. The van der Waals surface area contributed by atoms with Gasteiger partial charge in [0.2, 0.25) is 112 Å². The fraction of sp³-hybridized carbons (Fsp3) is 0.698. The van der Waals surface area contributed by atoms with Crippen molar-refractivity contribution < 1.29 is 111 Å². The van der Waals surface area contributed by atoms with Crippen molar-refractivity contribution in [1.29, 1.82) is 0 Å². The molecule has 4 saturated heterocycles. The number of carbonyl (C=O) groups is 20. The van der Waals surface area contributed by atoms with Gasteiger partial charge < -0.3 is 127 Å². The normalized spacial score (nSPS) is 27.6. The highest BCUT2D eigenvalue weighted by atomic mass is 16.4. The summed E-state index contributed by atoms with van der Waals surface area (Å²) in [4.78, 5) is 287. The van der Waals surface area contributed by atoms with Crippen molar-refractivity contribution in [3.05, 3.63) is 29.8 Å². The molecule has 1 aromatic carbocycles. The first-order valence-electron chi connectivity index (χ1n) is 45.1. The van der Waals surface area contributed by atoms with Gasteiger partial charge in [-0.15, -0.1) is 0 Å². The van der Waals surface area contributed by atoms with Gasteiger partial charge in [-0.05, 0) is 158 Å². The minimum absolute atomic E-state index is 0.00210. The standard InChI is InChI=1S/C86H139N21O23/c1-13-46(8)68-82(126)93-50(12)71(115)97-56(39-51-28-30-52(109)31-29-51)77(121)94-53(23-16-18-34-87)74(118)99-58(43-108)78(122)104-70(48(10)15-3)86(130)107-38-22-27-61(107)84(128)105-36-20-25-59(105)79(123)91-41-63(111)92-49(11)72(116)102-69(47(9)14-2)83(127)95-54(24-17-19-35-88)75(119)101-67(45(6)7)85(129)106-37-21-26-60(106)80(124)98-57(40-65(113)114)73(117)90-42-64(112)100-66(44(4)5)81(125)96-55(76(120)103-68)32-33-62(89)110/h28-31,44-50,53-61,66-70,108-109H,13-27,32-43,87-88H2,1-12H3,(H2,89,110)(H,90,117)(H,91,123)(H,92,111)(H,93,126)(H,94,121)(H,95,127)(H,96,125)(H,97,115)(H,98,124)(H,99,118)(H,100,112)(H,101,119)(H,102,116)(H,103,120)(H,104,122)(H,113,114)/t46-,47-,48-,49-,50-,53-,54-,55-,56-,57-,58-,59-,60-,61-,66-,67-,68-,69-,70-/m0/s1. The van der Waals surface area contributed by atoms with Gasteiger partial charge in [-0.25, -0.2) is 0 Å². The Labute approximate surface area is 757 Å². The van der Waals surface area contributed by atoms with E-state index < -0.39 is 283 Å². The first-order valence-corrected chi connectivity index (χ1v) is 45.1. The molecule has 19 atom stereocenters. The predicted molar refractivity (Wildman–Crippen MR) is 470 cm³/mol. The van der Waals surface area contributed by atoms with E-state index in [9.17, 15) is 111 Å². The number of primary amides is 1. The van der Waals surface area contributed by atoms with Crippen LogP contribution >= 0.6 is 0 Å². The third-order valence-corrected chi connectivity index (χ3v) is 24.0. The maximum atomic E-state index is 14.9. The number of carboxylic acids is 1. The van der Waals surface area contributed by atoms with Gasteiger partial charge in [0.1, 0.15) is 102 Å². The van der Waals surface area contributed by atoms with Crippen molar-refractivity contribution in [3.8, 4) is 5.75 Å². The lowest BCUT2D eigenvalue weighted by atomic mass is 9.96. The lowest BCUT2D eigenvalue weighted by Crippen LogP contribution is -2.62. The van der Waals surface area contributed by atoms with E-state index in [1.165, 1.54) is 61.8 Å². The van der Waals surface area contributed by atoms with E-state index in [0.29, 0.717) is 44.1 Å². The molecule has 5 rings (SSSR count). The molecular formula is C86H139N21O23. The highest BCUT2D eigenvalue weighted by molar-refractivity contribution is 6.02. The molecule has 0 saturated carbocycles. The minimum atomic E-state index is -1.88. The van der Waals surface area contributed by atoms with Crippen LogP contribution in [-0.2, 0) is 102 Å². The maximum Gasteiger partial charge on any atom is 0.305 e. The van der Waals surface area contributed by atoms with Crippen LogP contribution in [0.1, 0.15) is 204 Å². The summed E-state index contributed by atoms with van der Waals surface area (Å²) >= 11 is 0. The van der Waals surface area contributed by atoms with Crippen molar-refractivity contribution in [3.63, 3.8) is 0 Å². The second-order valence-corrected chi connectivity index (χ2v) is 34.8. The second-order valence-electron chi connectivity index (χ2n) is 34.8. The third-order valence-electron chi connectivity index (χ3n) is 24.0. The van der Waals surface area contributed by atoms with E-state index in [1.54, 1.807) is 55.4 Å². The summed E-state index contributed by atoms with van der Waals surface area (Å²) < 4.78 is 0. The van der Waals surface area contributed by atoms with Crippen molar-refractivity contribution >= 4 is 118 Å². The molecule has 24 N–H and O–H groups in total. The summed E-state index contributed by atoms with van der Waals surface area (Å²) in [6.45, 7) is 16.6. The minimum Gasteiger partial charge on any atom is -0.508 e. The predicted octanol–water partition coefficient (Wildman–Crippen LogP) is -5.06. The van der Waals surface area contributed by atoms with Gasteiger partial charge in [-0.1, -0.05) is 101 Å². The highest BCUT2D eigenvalue weighted by Gasteiger charge is 2.47. The first kappa shape index (κ1) is 109. The number of hydrogen-bond acceptors (Lipinski definition) is 24. The number of aliphatic carboxylic acids is 1. The number of aromatic hydroxyl groups is 1. The van der Waals surface area contributed by atoms with Gasteiger partial charge in [0.25, 0.3) is 0 Å². The van der Waals surface area contributed by atoms with Gasteiger partial charge >= 0.3 is 5.97 Å². The summed E-state index contributed by atoms with van der Waals surface area (Å²) in [6, 6.07) is -17.8. The number of aliphatic hydroxyl groups is 1. The maximum absolute atomic E-state index is 14.9. The molecule has 4 heterocycles. The SMILES string of the molecule is CC[C@H](C)[C@@H]1NC(=O)[C@H](C)NC(=O)CNC(=O)[C@@H]2CCCN2C(=O)[C@@H]2CCCN2C(=O)[C@H]([C@@H](C)CC)NC(=O)[C@H](CO)NC(=O)[C@H](CCCCN)NC(=O)[C@H](Cc2ccc(O)cc2)NC(=O)[C@H](C)NC(=O)[C@H]([C@@H](C)CC)NC(=O)[C@H](CCC(N)=O)NC(=O)[C@H](C(C)C)NC(=O)CNC(=O)[C@H](CC(=O)O)NC(=O)[C@@H]2CCCN2C(=O)[C@H](C(C)C)NC(=O)[C@H](CCCCN)NC1=O. The highest BCUT2D eigenvalue weighted by Crippen LogP contribution is 2.29. The average Bonchev–Trinajstić information content (AvgIpc) is 1.64. The Bertz CT molecular complexity index is 4140. The van der Waals surface area contributed by atoms with E-state index >= 15 is 0 Å². The van der Waals surface area contributed by atoms with Crippen molar-refractivity contribution in [2.75, 3.05) is 52.4 Å². The van der Waals surface area contributed by atoms with Crippen LogP contribution in [0.25, 0.3) is 0 Å². The van der Waals surface area contributed by atoms with Crippen LogP contribution in [0.2, 0.25) is 0 Å². The van der Waals surface area contributed by atoms with Gasteiger partial charge in [0.05, 0.1) is 26.1 Å². The molecule has 130 heavy (non-hydrogen) atoms. The molecule has 1 aromatic rings. The number of unbranched alkanes of at least 4 members (excludes halogenated alkanes) is 2. The Morgan fingerprint density at radius 1 is 0.400 bits per heavy atom. The summed E-state index contributed by atoms with van der Waals surface area (Å²) in [7, 11) is 0. The van der Waals surface area contributed by atoms with Gasteiger partial charge in [-0.2, -0.15) is 0 Å². The number of nitrogens with two attached hydrogens (primary N) is 3. The molecule has 4 fully saturated rings. The number of fused-ring (bicyclic) bond motifs is 3. The van der Waals surface area contributed by atoms with Gasteiger partial charge in [-0.3, -0.25) is 95.9 Å². The van der Waals surface area contributed by atoms with E-state index in [2.05, 4.69) is 79.8 Å². The molecule has 4 aliphatic rings. The zero-order chi connectivity index (χ0) is 97.1. The number of nitrogens with zero attached hydrogens (tertiary/aromatic N) is 3. The monoisotopic (exact) mass is 1830 g/mol. The Morgan fingerprint density at radius 3 is 1.28 bits per heavy atom. The zero-order valence-corrected chi connectivity index (χ0v) is 76.6. The number of aliphatic hydroxyl groups excluding tert-OH is 1. The van der Waals surface area contributed by atoms with Gasteiger partial charge in [0.15, 0.2) is 0 Å². The zero-order valence-electron chi connectivity index (χ0n) is 76.6. The van der Waals surface area contributed by atoms with E-state index in [0.717, 1.165) is 4.90 Å². The van der Waals surface area contributed by atoms with E-state index in [4.69, 9.17) is 17.2 Å². The van der Waals surface area contributed by atoms with Crippen LogP contribution in [-0.4, -0.2) is 297 Å². The number of amides is 19. The van der Waals surface area contributed by atoms with E-state index in [1.807, 2.05) is 0 Å². The van der Waals surface area contributed by atoms with Crippen LogP contribution < -0.4 is 97.0 Å². The number of phenolic OH excluding ortho intramolecular Hbond substituents is 1. The number of hydrogen-bond donors (Lipinski definition) is 21. The average molecular weight is 1840 g/mol. The van der Waals surface area contributed by atoms with Crippen molar-refractivity contribution in [2.24, 2.45) is 46.8 Å². The molecule has 0 spiro atoms. The number of carbonyl (C=O) groups excluding carboxylic acids is 19. The molecule has 0 bridgehead atoms. The molecule has 44 heteroatoms. The molecule has 44 nitrogen and oxygen atoms in total. The Kier molecular flexibility index (Phi) is 44.7. The van der Waals surface area contributed by atoms with Crippen LogP contribution in [0.3, 0.4) is 0 Å². The number of carboxylic acid groups (broad SMARTS) is 1. The van der Waals surface area contributed by atoms with Gasteiger partial charge in [0, 0.05) is 32.5 Å². The molecular weight excluding hydrogens is 1700 g/mol. The lowest BCUT2D eigenvalue weighted by Gasteiger charge is -2.34. The topological polar surface area (TPSA) is 670 Å². The smallest absolute Gasteiger partial charge is 0.305 e.